The smallest absolute Gasteiger partial charge is 0.0661 e. The number of nitrogens with zero attached hydrogens (tertiary/aromatic N) is 2. The van der Waals surface area contributed by atoms with Crippen molar-refractivity contribution in [2.75, 3.05) is 6.61 Å². The highest BCUT2D eigenvalue weighted by molar-refractivity contribution is 5.11. The van der Waals surface area contributed by atoms with Crippen LogP contribution in [0.1, 0.15) is 44.6 Å². The van der Waals surface area contributed by atoms with Crippen LogP contribution < -0.4 is 5.32 Å². The number of aromatic nitrogens is 2. The first kappa shape index (κ1) is 13.1. The fourth-order valence-corrected chi connectivity index (χ4v) is 3.98. The van der Waals surface area contributed by atoms with E-state index in [0.717, 1.165) is 13.2 Å². The fraction of sp³-hybridized carbons (Fsp3) is 0.800. The molecule has 2 unspecified atom stereocenters. The van der Waals surface area contributed by atoms with E-state index in [1.807, 2.05) is 17.9 Å². The normalized spacial score (nSPS) is 28.7. The minimum Gasteiger partial charge on any atom is -0.378 e. The first-order valence-electron chi connectivity index (χ1n) is 7.57. The third-order valence-electron chi connectivity index (χ3n) is 5.00. The maximum absolute atomic E-state index is 5.95. The highest BCUT2D eigenvalue weighted by Gasteiger charge is 2.56. The van der Waals surface area contributed by atoms with Crippen molar-refractivity contribution in [3.8, 4) is 0 Å². The van der Waals surface area contributed by atoms with Gasteiger partial charge in [-0.25, -0.2) is 0 Å². The zero-order valence-corrected chi connectivity index (χ0v) is 12.1. The summed E-state index contributed by atoms with van der Waals surface area (Å²) >= 11 is 0. The van der Waals surface area contributed by atoms with Crippen molar-refractivity contribution in [2.45, 2.75) is 57.7 Å². The van der Waals surface area contributed by atoms with Crippen molar-refractivity contribution in [1.82, 2.24) is 15.1 Å². The number of rotatable bonds is 5. The van der Waals surface area contributed by atoms with Gasteiger partial charge in [0.15, 0.2) is 0 Å². The van der Waals surface area contributed by atoms with Crippen LogP contribution in [0.4, 0.5) is 0 Å². The first-order valence-corrected chi connectivity index (χ1v) is 7.57. The minimum absolute atomic E-state index is 0.429. The van der Waals surface area contributed by atoms with E-state index in [-0.39, 0.29) is 0 Å². The molecule has 2 aliphatic carbocycles. The molecule has 19 heavy (non-hydrogen) atoms. The Morgan fingerprint density at radius 3 is 2.89 bits per heavy atom. The van der Waals surface area contributed by atoms with E-state index in [4.69, 9.17) is 4.74 Å². The largest absolute Gasteiger partial charge is 0.378 e. The molecule has 4 heteroatoms. The predicted octanol–water partition coefficient (Wildman–Crippen LogP) is 2.25. The van der Waals surface area contributed by atoms with Gasteiger partial charge >= 0.3 is 0 Å². The Morgan fingerprint density at radius 2 is 2.26 bits per heavy atom. The second-order valence-corrected chi connectivity index (χ2v) is 6.08. The van der Waals surface area contributed by atoms with Gasteiger partial charge in [-0.1, -0.05) is 12.8 Å². The summed E-state index contributed by atoms with van der Waals surface area (Å²) in [6, 6.07) is 0.631. The van der Waals surface area contributed by atoms with E-state index in [9.17, 15) is 0 Å². The van der Waals surface area contributed by atoms with Crippen molar-refractivity contribution >= 4 is 0 Å². The van der Waals surface area contributed by atoms with E-state index < -0.39 is 0 Å². The average Bonchev–Trinajstić information content (AvgIpc) is 3.03. The van der Waals surface area contributed by atoms with Gasteiger partial charge in [-0.05, 0) is 26.2 Å². The predicted molar refractivity (Wildman–Crippen MR) is 74.8 cm³/mol. The van der Waals surface area contributed by atoms with Crippen LogP contribution in [-0.2, 0) is 18.3 Å². The van der Waals surface area contributed by atoms with E-state index >= 15 is 0 Å². The van der Waals surface area contributed by atoms with Crippen LogP contribution >= 0.6 is 0 Å². The Labute approximate surface area is 115 Å². The standard InChI is InChI=1S/C15H25N3O/c1-3-19-14-8-13(15(14)6-4-5-7-15)16-9-12-10-17-18(2)11-12/h10-11,13-14,16H,3-9H2,1-2H3. The summed E-state index contributed by atoms with van der Waals surface area (Å²) in [5, 5.41) is 7.96. The van der Waals surface area contributed by atoms with Crippen LogP contribution in [0.3, 0.4) is 0 Å². The number of ether oxygens (including phenoxy) is 1. The van der Waals surface area contributed by atoms with E-state index in [1.54, 1.807) is 0 Å². The molecule has 4 nitrogen and oxygen atoms in total. The zero-order valence-electron chi connectivity index (χ0n) is 12.1. The van der Waals surface area contributed by atoms with Gasteiger partial charge in [0.1, 0.15) is 0 Å². The summed E-state index contributed by atoms with van der Waals surface area (Å²) in [5.74, 6) is 0. The van der Waals surface area contributed by atoms with Crippen molar-refractivity contribution in [3.63, 3.8) is 0 Å². The summed E-state index contributed by atoms with van der Waals surface area (Å²) in [6.45, 7) is 3.89. The molecule has 0 bridgehead atoms. The van der Waals surface area contributed by atoms with Gasteiger partial charge < -0.3 is 10.1 Å². The Balaban J connectivity index is 1.59. The Hall–Kier alpha value is -0.870. The van der Waals surface area contributed by atoms with Gasteiger partial charge in [-0.15, -0.1) is 0 Å². The molecule has 0 saturated heterocycles. The van der Waals surface area contributed by atoms with Gasteiger partial charge in [0.05, 0.1) is 12.3 Å². The lowest BCUT2D eigenvalue weighted by molar-refractivity contribution is -0.130. The zero-order chi connectivity index (χ0) is 13.3. The molecule has 0 aliphatic heterocycles. The van der Waals surface area contributed by atoms with Gasteiger partial charge in [-0.2, -0.15) is 5.10 Å². The quantitative estimate of drug-likeness (QED) is 0.885. The Bertz CT molecular complexity index is 423. The molecule has 2 atom stereocenters. The van der Waals surface area contributed by atoms with Gasteiger partial charge in [0, 0.05) is 43.4 Å². The molecule has 1 spiro atoms. The van der Waals surface area contributed by atoms with Crippen molar-refractivity contribution in [3.05, 3.63) is 18.0 Å². The van der Waals surface area contributed by atoms with Crippen molar-refractivity contribution in [2.24, 2.45) is 12.5 Å². The van der Waals surface area contributed by atoms with E-state index in [0.29, 0.717) is 17.6 Å². The van der Waals surface area contributed by atoms with Gasteiger partial charge in [0.25, 0.3) is 0 Å². The number of aryl methyl sites for hydroxylation is 1. The molecule has 1 aromatic heterocycles. The lowest BCUT2D eigenvalue weighted by Gasteiger charge is -2.54. The van der Waals surface area contributed by atoms with Crippen molar-refractivity contribution < 1.29 is 4.74 Å². The van der Waals surface area contributed by atoms with E-state index in [1.165, 1.54) is 37.7 Å². The molecular formula is C15H25N3O. The first-order chi connectivity index (χ1) is 9.24. The molecule has 0 aromatic carbocycles. The third kappa shape index (κ3) is 2.32. The fourth-order valence-electron chi connectivity index (χ4n) is 3.98. The Morgan fingerprint density at radius 1 is 1.47 bits per heavy atom. The minimum atomic E-state index is 0.429. The molecular weight excluding hydrogens is 238 g/mol. The second kappa shape index (κ2) is 5.25. The van der Waals surface area contributed by atoms with Crippen LogP contribution in [0.15, 0.2) is 12.4 Å². The highest BCUT2D eigenvalue weighted by atomic mass is 16.5. The SMILES string of the molecule is CCOC1CC(NCc2cnn(C)c2)C12CCCC2. The molecule has 2 fully saturated rings. The summed E-state index contributed by atoms with van der Waals surface area (Å²) in [5.41, 5.74) is 1.70. The van der Waals surface area contributed by atoms with Crippen LogP contribution in [0.5, 0.6) is 0 Å². The van der Waals surface area contributed by atoms with Crippen LogP contribution in [-0.4, -0.2) is 28.5 Å². The topological polar surface area (TPSA) is 39.1 Å². The summed E-state index contributed by atoms with van der Waals surface area (Å²) in [4.78, 5) is 0. The van der Waals surface area contributed by atoms with Gasteiger partial charge in [0.2, 0.25) is 0 Å². The summed E-state index contributed by atoms with van der Waals surface area (Å²) in [7, 11) is 1.97. The molecule has 3 rings (SSSR count). The highest BCUT2D eigenvalue weighted by Crippen LogP contribution is 2.54. The van der Waals surface area contributed by atoms with Gasteiger partial charge in [-0.3, -0.25) is 4.68 Å². The lowest BCUT2D eigenvalue weighted by Crippen LogP contribution is -2.62. The second-order valence-electron chi connectivity index (χ2n) is 6.08. The molecule has 0 amide bonds. The number of hydrogen-bond acceptors (Lipinski definition) is 3. The molecule has 2 saturated carbocycles. The van der Waals surface area contributed by atoms with Crippen LogP contribution in [0.25, 0.3) is 0 Å². The average molecular weight is 263 g/mol. The molecule has 1 heterocycles. The maximum atomic E-state index is 5.95. The van der Waals surface area contributed by atoms with E-state index in [2.05, 4.69) is 23.5 Å². The Kier molecular flexibility index (Phi) is 3.63. The summed E-state index contributed by atoms with van der Waals surface area (Å²) in [6.07, 6.45) is 11.1. The monoisotopic (exact) mass is 263 g/mol. The molecule has 2 aliphatic rings. The summed E-state index contributed by atoms with van der Waals surface area (Å²) < 4.78 is 7.81. The molecule has 0 radical (unpaired) electrons. The van der Waals surface area contributed by atoms with Crippen LogP contribution in [0.2, 0.25) is 0 Å². The lowest BCUT2D eigenvalue weighted by atomic mass is 9.60. The molecule has 106 valence electrons. The van der Waals surface area contributed by atoms with Crippen LogP contribution in [0, 0.1) is 5.41 Å². The molecule has 1 N–H and O–H groups in total. The number of nitrogens with one attached hydrogen (secondary N) is 1. The maximum Gasteiger partial charge on any atom is 0.0661 e. The third-order valence-corrected chi connectivity index (χ3v) is 5.00. The molecule has 1 aromatic rings. The number of hydrogen-bond donors (Lipinski definition) is 1. The van der Waals surface area contributed by atoms with Crippen molar-refractivity contribution in [1.29, 1.82) is 0 Å².